The van der Waals surface area contributed by atoms with Crippen LogP contribution in [0.4, 0.5) is 0 Å². The van der Waals surface area contributed by atoms with Crippen molar-refractivity contribution in [3.05, 3.63) is 27.7 Å². The lowest BCUT2D eigenvalue weighted by Gasteiger charge is -2.39. The Balaban J connectivity index is 1.65. The number of hydrogen-bond donors (Lipinski definition) is 0. The highest BCUT2D eigenvalue weighted by Crippen LogP contribution is 2.52. The Morgan fingerprint density at radius 1 is 1.39 bits per heavy atom. The number of amides is 1. The molecule has 1 aromatic carbocycles. The smallest absolute Gasteiger partial charge is 0.260 e. The van der Waals surface area contributed by atoms with Gasteiger partial charge in [-0.25, -0.2) is 0 Å². The van der Waals surface area contributed by atoms with Crippen molar-refractivity contribution >= 4 is 33.4 Å². The highest BCUT2D eigenvalue weighted by atomic mass is 79.9. The van der Waals surface area contributed by atoms with Crippen molar-refractivity contribution < 1.29 is 9.53 Å². The van der Waals surface area contributed by atoms with E-state index in [0.717, 1.165) is 23.9 Å². The summed E-state index contributed by atoms with van der Waals surface area (Å²) >= 11 is 9.34. The van der Waals surface area contributed by atoms with Gasteiger partial charge in [-0.3, -0.25) is 4.79 Å². The summed E-state index contributed by atoms with van der Waals surface area (Å²) < 4.78 is 6.47. The first-order chi connectivity index (χ1) is 10.7. The van der Waals surface area contributed by atoms with Gasteiger partial charge in [-0.2, -0.15) is 0 Å². The Morgan fingerprint density at radius 2 is 2.13 bits per heavy atom. The summed E-state index contributed by atoms with van der Waals surface area (Å²) in [5.74, 6) is 0.731. The SMILES string of the molecule is CC1(C)CC2CC(C)(CN2C(=O)COc2ccc(Cl)cc2Br)C1. The first-order valence-electron chi connectivity index (χ1n) is 8.05. The lowest BCUT2D eigenvalue weighted by atomic mass is 9.65. The van der Waals surface area contributed by atoms with Crippen molar-refractivity contribution in [3.8, 4) is 5.75 Å². The van der Waals surface area contributed by atoms with Crippen LogP contribution in [0.5, 0.6) is 5.75 Å². The number of nitrogens with zero attached hydrogens (tertiary/aromatic N) is 1. The van der Waals surface area contributed by atoms with E-state index in [9.17, 15) is 4.79 Å². The van der Waals surface area contributed by atoms with Crippen LogP contribution in [0.25, 0.3) is 0 Å². The zero-order valence-corrected chi connectivity index (χ0v) is 16.2. The molecule has 0 radical (unpaired) electrons. The molecule has 3 rings (SSSR count). The van der Waals surface area contributed by atoms with Gasteiger partial charge in [0.1, 0.15) is 5.75 Å². The maximum Gasteiger partial charge on any atom is 0.260 e. The summed E-state index contributed by atoms with van der Waals surface area (Å²) in [6, 6.07) is 5.67. The fourth-order valence-corrected chi connectivity index (χ4v) is 5.36. The van der Waals surface area contributed by atoms with E-state index in [0.29, 0.717) is 22.2 Å². The van der Waals surface area contributed by atoms with Gasteiger partial charge in [-0.1, -0.05) is 32.4 Å². The molecule has 126 valence electrons. The number of rotatable bonds is 3. The predicted molar refractivity (Wildman–Crippen MR) is 95.9 cm³/mol. The first kappa shape index (κ1) is 17.1. The molecular weight excluding hydrogens is 378 g/mol. The topological polar surface area (TPSA) is 29.5 Å². The van der Waals surface area contributed by atoms with Crippen LogP contribution in [-0.4, -0.2) is 30.0 Å². The average Bonchev–Trinajstić information content (AvgIpc) is 2.66. The molecular formula is C18H23BrClNO2. The number of benzene rings is 1. The zero-order chi connectivity index (χ0) is 16.8. The van der Waals surface area contributed by atoms with E-state index in [1.165, 1.54) is 6.42 Å². The van der Waals surface area contributed by atoms with Crippen molar-refractivity contribution in [1.82, 2.24) is 4.90 Å². The molecule has 2 atom stereocenters. The van der Waals surface area contributed by atoms with E-state index < -0.39 is 0 Å². The van der Waals surface area contributed by atoms with Crippen LogP contribution in [0.3, 0.4) is 0 Å². The van der Waals surface area contributed by atoms with E-state index in [-0.39, 0.29) is 17.9 Å². The lowest BCUT2D eigenvalue weighted by molar-refractivity contribution is -0.134. The number of likely N-dealkylation sites (tertiary alicyclic amines) is 1. The predicted octanol–water partition coefficient (Wildman–Crippen LogP) is 4.91. The molecule has 0 N–H and O–H groups in total. The fourth-order valence-electron chi connectivity index (χ4n) is 4.57. The van der Waals surface area contributed by atoms with Crippen molar-refractivity contribution in [3.63, 3.8) is 0 Å². The molecule has 2 aliphatic rings. The Morgan fingerprint density at radius 3 is 2.83 bits per heavy atom. The maximum absolute atomic E-state index is 12.7. The third-order valence-electron chi connectivity index (χ3n) is 4.98. The fraction of sp³-hybridized carbons (Fsp3) is 0.611. The third kappa shape index (κ3) is 3.69. The van der Waals surface area contributed by atoms with Crippen molar-refractivity contribution in [2.75, 3.05) is 13.2 Å². The molecule has 23 heavy (non-hydrogen) atoms. The first-order valence-corrected chi connectivity index (χ1v) is 9.22. The summed E-state index contributed by atoms with van der Waals surface area (Å²) in [7, 11) is 0. The summed E-state index contributed by atoms with van der Waals surface area (Å²) in [4.78, 5) is 14.7. The minimum absolute atomic E-state index is 0.0766. The number of halogens is 2. The van der Waals surface area contributed by atoms with Crippen LogP contribution in [0, 0.1) is 10.8 Å². The molecule has 2 unspecified atom stereocenters. The molecule has 1 amide bonds. The standard InChI is InChI=1S/C18H23BrClNO2/c1-17(2)7-13-8-18(3,10-17)11-21(13)16(22)9-23-15-5-4-12(20)6-14(15)19/h4-6,13H,7-11H2,1-3H3. The largest absolute Gasteiger partial charge is 0.483 e. The van der Waals surface area contributed by atoms with Crippen LogP contribution >= 0.6 is 27.5 Å². The van der Waals surface area contributed by atoms with E-state index in [2.05, 4.69) is 36.7 Å². The molecule has 1 saturated heterocycles. The molecule has 1 aromatic rings. The Hall–Kier alpha value is -0.740. The lowest BCUT2D eigenvalue weighted by Crippen LogP contribution is -2.40. The second-order valence-electron chi connectivity index (χ2n) is 8.10. The second kappa shape index (κ2) is 5.96. The van der Waals surface area contributed by atoms with Gasteiger partial charge in [-0.15, -0.1) is 0 Å². The normalized spacial score (nSPS) is 28.7. The van der Waals surface area contributed by atoms with E-state index >= 15 is 0 Å². The van der Waals surface area contributed by atoms with Crippen molar-refractivity contribution in [1.29, 1.82) is 0 Å². The van der Waals surface area contributed by atoms with E-state index in [1.54, 1.807) is 18.2 Å². The minimum atomic E-state index is 0.0766. The molecule has 0 aromatic heterocycles. The maximum atomic E-state index is 12.7. The second-order valence-corrected chi connectivity index (χ2v) is 9.39. The number of carbonyl (C=O) groups excluding carboxylic acids is 1. The zero-order valence-electron chi connectivity index (χ0n) is 13.9. The van der Waals surface area contributed by atoms with Crippen LogP contribution in [-0.2, 0) is 4.79 Å². The number of hydrogen-bond acceptors (Lipinski definition) is 2. The van der Waals surface area contributed by atoms with Gasteiger partial charge in [0.15, 0.2) is 6.61 Å². The van der Waals surface area contributed by atoms with Gasteiger partial charge in [0.05, 0.1) is 4.47 Å². The van der Waals surface area contributed by atoms with Crippen LogP contribution < -0.4 is 4.74 Å². The van der Waals surface area contributed by atoms with Gasteiger partial charge < -0.3 is 9.64 Å². The highest BCUT2D eigenvalue weighted by molar-refractivity contribution is 9.10. The summed E-state index contributed by atoms with van der Waals surface area (Å²) in [6.45, 7) is 7.86. The van der Waals surface area contributed by atoms with Gasteiger partial charge in [0.25, 0.3) is 5.91 Å². The van der Waals surface area contributed by atoms with Crippen LogP contribution in [0.2, 0.25) is 5.02 Å². The molecule has 5 heteroatoms. The molecule has 1 aliphatic heterocycles. The van der Waals surface area contributed by atoms with Crippen molar-refractivity contribution in [2.24, 2.45) is 10.8 Å². The molecule has 1 heterocycles. The van der Waals surface area contributed by atoms with E-state index in [1.807, 2.05) is 4.90 Å². The van der Waals surface area contributed by atoms with Crippen LogP contribution in [0.15, 0.2) is 22.7 Å². The number of ether oxygens (including phenoxy) is 1. The molecule has 2 bridgehead atoms. The molecule has 2 fully saturated rings. The molecule has 1 saturated carbocycles. The van der Waals surface area contributed by atoms with Gasteiger partial charge in [0, 0.05) is 17.6 Å². The van der Waals surface area contributed by atoms with E-state index in [4.69, 9.17) is 16.3 Å². The molecule has 3 nitrogen and oxygen atoms in total. The quantitative estimate of drug-likeness (QED) is 0.721. The molecule has 1 aliphatic carbocycles. The third-order valence-corrected chi connectivity index (χ3v) is 5.84. The summed E-state index contributed by atoms with van der Waals surface area (Å²) in [6.07, 6.45) is 3.38. The van der Waals surface area contributed by atoms with Gasteiger partial charge in [0.2, 0.25) is 0 Å². The number of fused-ring (bicyclic) bond motifs is 2. The Kier molecular flexibility index (Phi) is 4.43. The summed E-state index contributed by atoms with van der Waals surface area (Å²) in [5.41, 5.74) is 0.565. The highest BCUT2D eigenvalue weighted by Gasteiger charge is 2.50. The van der Waals surface area contributed by atoms with Gasteiger partial charge in [-0.05, 0) is 64.2 Å². The monoisotopic (exact) mass is 399 g/mol. The molecule has 0 spiro atoms. The average molecular weight is 401 g/mol. The van der Waals surface area contributed by atoms with Crippen LogP contribution in [0.1, 0.15) is 40.0 Å². The summed E-state index contributed by atoms with van der Waals surface area (Å²) in [5, 5.41) is 0.638. The minimum Gasteiger partial charge on any atom is -0.483 e. The Bertz CT molecular complexity index is 633. The number of carbonyl (C=O) groups is 1. The Labute approximate surface area is 151 Å². The van der Waals surface area contributed by atoms with Crippen molar-refractivity contribution in [2.45, 2.75) is 46.1 Å². The van der Waals surface area contributed by atoms with Gasteiger partial charge >= 0.3 is 0 Å².